The first-order valence-electron chi connectivity index (χ1n) is 4.33. The third-order valence-corrected chi connectivity index (χ3v) is 1.91. The zero-order valence-electron chi connectivity index (χ0n) is 8.07. The van der Waals surface area contributed by atoms with E-state index in [0.29, 0.717) is 0 Å². The molecule has 0 saturated heterocycles. The predicted octanol–water partition coefficient (Wildman–Crippen LogP) is 1.97. The fourth-order valence-electron chi connectivity index (χ4n) is 1.27. The number of ketones is 1. The van der Waals surface area contributed by atoms with E-state index < -0.39 is 6.10 Å². The van der Waals surface area contributed by atoms with Crippen LogP contribution in [0, 0.1) is 12.3 Å². The zero-order valence-corrected chi connectivity index (χ0v) is 8.07. The van der Waals surface area contributed by atoms with Gasteiger partial charge in [0.15, 0.2) is 5.78 Å². The standard InChI is InChI=1S/C12H12O2/c1-3-7-11(13)12(14-2)10-8-5-4-6-9-10/h1,4-6,8-9,12H,7H2,2H3. The minimum atomic E-state index is -0.535. The van der Waals surface area contributed by atoms with Gasteiger partial charge in [0.1, 0.15) is 6.10 Å². The molecular weight excluding hydrogens is 176 g/mol. The summed E-state index contributed by atoms with van der Waals surface area (Å²) < 4.78 is 5.11. The maximum Gasteiger partial charge on any atom is 0.177 e. The second-order valence-electron chi connectivity index (χ2n) is 2.87. The molecule has 0 aromatic heterocycles. The van der Waals surface area contributed by atoms with Gasteiger partial charge in [-0.15, -0.1) is 6.42 Å². The van der Waals surface area contributed by atoms with E-state index in [1.165, 1.54) is 7.11 Å². The molecule has 0 radical (unpaired) electrons. The van der Waals surface area contributed by atoms with Crippen LogP contribution in [0.3, 0.4) is 0 Å². The summed E-state index contributed by atoms with van der Waals surface area (Å²) >= 11 is 0. The number of carbonyl (C=O) groups excluding carboxylic acids is 1. The smallest absolute Gasteiger partial charge is 0.177 e. The van der Waals surface area contributed by atoms with Crippen LogP contribution in [0.4, 0.5) is 0 Å². The molecular formula is C12H12O2. The van der Waals surface area contributed by atoms with E-state index in [9.17, 15) is 4.79 Å². The Labute approximate surface area is 83.9 Å². The molecule has 0 aliphatic rings. The van der Waals surface area contributed by atoms with Crippen molar-refractivity contribution in [2.24, 2.45) is 0 Å². The largest absolute Gasteiger partial charge is 0.369 e. The highest BCUT2D eigenvalue weighted by Crippen LogP contribution is 2.18. The Hall–Kier alpha value is -1.59. The van der Waals surface area contributed by atoms with Crippen LogP contribution in [-0.4, -0.2) is 12.9 Å². The lowest BCUT2D eigenvalue weighted by Crippen LogP contribution is -2.13. The molecule has 1 rings (SSSR count). The molecule has 1 unspecified atom stereocenters. The molecule has 2 nitrogen and oxygen atoms in total. The minimum absolute atomic E-state index is 0.0822. The number of Topliss-reactive ketones (excluding diaryl/α,β-unsaturated/α-hetero) is 1. The Morgan fingerprint density at radius 3 is 2.64 bits per heavy atom. The molecule has 0 bridgehead atoms. The second-order valence-corrected chi connectivity index (χ2v) is 2.87. The van der Waals surface area contributed by atoms with Crippen LogP contribution in [0.15, 0.2) is 30.3 Å². The fraction of sp³-hybridized carbons (Fsp3) is 0.250. The van der Waals surface area contributed by atoms with Crippen molar-refractivity contribution < 1.29 is 9.53 Å². The molecule has 0 amide bonds. The van der Waals surface area contributed by atoms with E-state index >= 15 is 0 Å². The lowest BCUT2D eigenvalue weighted by molar-refractivity contribution is -0.128. The van der Waals surface area contributed by atoms with Crippen LogP contribution in [0.25, 0.3) is 0 Å². The van der Waals surface area contributed by atoms with Crippen molar-refractivity contribution in [2.75, 3.05) is 7.11 Å². The van der Waals surface area contributed by atoms with Gasteiger partial charge in [0.05, 0.1) is 6.42 Å². The molecule has 0 spiro atoms. The van der Waals surface area contributed by atoms with E-state index in [2.05, 4.69) is 5.92 Å². The molecule has 0 heterocycles. The number of rotatable bonds is 4. The Kier molecular flexibility index (Phi) is 3.90. The average Bonchev–Trinajstić information content (AvgIpc) is 2.21. The summed E-state index contributed by atoms with van der Waals surface area (Å²) in [5, 5.41) is 0. The topological polar surface area (TPSA) is 26.3 Å². The normalized spacial score (nSPS) is 11.7. The monoisotopic (exact) mass is 188 g/mol. The first-order valence-corrected chi connectivity index (χ1v) is 4.33. The van der Waals surface area contributed by atoms with E-state index in [4.69, 9.17) is 11.2 Å². The van der Waals surface area contributed by atoms with E-state index in [0.717, 1.165) is 5.56 Å². The van der Waals surface area contributed by atoms with Crippen molar-refractivity contribution in [3.63, 3.8) is 0 Å². The van der Waals surface area contributed by atoms with Gasteiger partial charge in [-0.05, 0) is 5.56 Å². The van der Waals surface area contributed by atoms with Crippen molar-refractivity contribution >= 4 is 5.78 Å². The lowest BCUT2D eigenvalue weighted by Gasteiger charge is -2.12. The SMILES string of the molecule is C#CCC(=O)C(OC)c1ccccc1. The van der Waals surface area contributed by atoms with Gasteiger partial charge in [-0.25, -0.2) is 0 Å². The number of terminal acetylenes is 1. The predicted molar refractivity (Wildman–Crippen MR) is 54.6 cm³/mol. The summed E-state index contributed by atoms with van der Waals surface area (Å²) in [7, 11) is 1.51. The van der Waals surface area contributed by atoms with Gasteiger partial charge in [0, 0.05) is 7.11 Å². The average molecular weight is 188 g/mol. The number of ether oxygens (including phenoxy) is 1. The molecule has 2 heteroatoms. The molecule has 14 heavy (non-hydrogen) atoms. The highest BCUT2D eigenvalue weighted by atomic mass is 16.5. The van der Waals surface area contributed by atoms with Crippen LogP contribution < -0.4 is 0 Å². The maximum atomic E-state index is 11.5. The zero-order chi connectivity index (χ0) is 10.4. The van der Waals surface area contributed by atoms with Gasteiger partial charge in [0.2, 0.25) is 0 Å². The van der Waals surface area contributed by atoms with Crippen molar-refractivity contribution in [3.05, 3.63) is 35.9 Å². The van der Waals surface area contributed by atoms with Gasteiger partial charge in [0.25, 0.3) is 0 Å². The number of carbonyl (C=O) groups is 1. The van der Waals surface area contributed by atoms with Gasteiger partial charge >= 0.3 is 0 Å². The third kappa shape index (κ3) is 2.45. The first kappa shape index (κ1) is 10.5. The van der Waals surface area contributed by atoms with Gasteiger partial charge < -0.3 is 4.74 Å². The highest BCUT2D eigenvalue weighted by molar-refractivity contribution is 5.86. The fourth-order valence-corrected chi connectivity index (χ4v) is 1.27. The minimum Gasteiger partial charge on any atom is -0.369 e. The maximum absolute atomic E-state index is 11.5. The van der Waals surface area contributed by atoms with Crippen LogP contribution in [-0.2, 0) is 9.53 Å². The Balaban J connectivity index is 2.83. The van der Waals surface area contributed by atoms with Gasteiger partial charge in [-0.1, -0.05) is 36.3 Å². The summed E-state index contributed by atoms with van der Waals surface area (Å²) in [5.74, 6) is 2.24. The van der Waals surface area contributed by atoms with Gasteiger partial charge in [-0.2, -0.15) is 0 Å². The van der Waals surface area contributed by atoms with Crippen molar-refractivity contribution in [1.82, 2.24) is 0 Å². The van der Waals surface area contributed by atoms with E-state index in [1.807, 2.05) is 30.3 Å². The van der Waals surface area contributed by atoms with Crippen molar-refractivity contribution in [1.29, 1.82) is 0 Å². The Morgan fingerprint density at radius 2 is 2.14 bits per heavy atom. The Morgan fingerprint density at radius 1 is 1.50 bits per heavy atom. The summed E-state index contributed by atoms with van der Waals surface area (Å²) in [6.07, 6.45) is 4.64. The van der Waals surface area contributed by atoms with Crippen molar-refractivity contribution in [2.45, 2.75) is 12.5 Å². The van der Waals surface area contributed by atoms with E-state index in [1.54, 1.807) is 0 Å². The summed E-state index contributed by atoms with van der Waals surface area (Å²) in [6, 6.07) is 9.32. The van der Waals surface area contributed by atoms with E-state index in [-0.39, 0.29) is 12.2 Å². The third-order valence-electron chi connectivity index (χ3n) is 1.91. The number of methoxy groups -OCH3 is 1. The van der Waals surface area contributed by atoms with Crippen LogP contribution in [0.1, 0.15) is 18.1 Å². The summed E-state index contributed by atoms with van der Waals surface area (Å²) in [6.45, 7) is 0. The quantitative estimate of drug-likeness (QED) is 0.675. The van der Waals surface area contributed by atoms with Crippen LogP contribution in [0.2, 0.25) is 0 Å². The lowest BCUT2D eigenvalue weighted by atomic mass is 10.0. The molecule has 0 N–H and O–H groups in total. The molecule has 0 aliphatic carbocycles. The number of hydrogen-bond donors (Lipinski definition) is 0. The second kappa shape index (κ2) is 5.21. The molecule has 0 aliphatic heterocycles. The molecule has 1 aromatic carbocycles. The van der Waals surface area contributed by atoms with Crippen LogP contribution >= 0.6 is 0 Å². The molecule has 0 saturated carbocycles. The highest BCUT2D eigenvalue weighted by Gasteiger charge is 2.17. The molecule has 72 valence electrons. The van der Waals surface area contributed by atoms with Gasteiger partial charge in [-0.3, -0.25) is 4.79 Å². The summed E-state index contributed by atoms with van der Waals surface area (Å²) in [5.41, 5.74) is 0.843. The van der Waals surface area contributed by atoms with Crippen molar-refractivity contribution in [3.8, 4) is 12.3 Å². The first-order chi connectivity index (χ1) is 6.79. The van der Waals surface area contributed by atoms with Crippen LogP contribution in [0.5, 0.6) is 0 Å². The number of benzene rings is 1. The molecule has 1 atom stereocenters. The molecule has 0 fully saturated rings. The molecule has 1 aromatic rings. The Bertz CT molecular complexity index is 335. The summed E-state index contributed by atoms with van der Waals surface area (Å²) in [4.78, 5) is 11.5. The number of hydrogen-bond acceptors (Lipinski definition) is 2.